The summed E-state index contributed by atoms with van der Waals surface area (Å²) in [4.78, 5) is 44.5. The molecule has 0 saturated heterocycles. The van der Waals surface area contributed by atoms with Gasteiger partial charge in [0, 0.05) is 36.9 Å². The number of hydrogen-bond acceptors (Lipinski definition) is 3. The predicted octanol–water partition coefficient (Wildman–Crippen LogP) is 2.61. The Morgan fingerprint density at radius 2 is 1.85 bits per heavy atom. The number of rotatable bonds is 5. The summed E-state index contributed by atoms with van der Waals surface area (Å²) < 4.78 is 15.7. The number of aromatic nitrogens is 4. The van der Waals surface area contributed by atoms with Crippen LogP contribution < -0.4 is 16.6 Å². The fourth-order valence-electron chi connectivity index (χ4n) is 4.11. The van der Waals surface area contributed by atoms with Gasteiger partial charge in [-0.15, -0.1) is 0 Å². The van der Waals surface area contributed by atoms with Crippen molar-refractivity contribution in [3.8, 4) is 5.69 Å². The number of benzene rings is 2. The normalized spacial score (nSPS) is 11.3. The fourth-order valence-corrected chi connectivity index (χ4v) is 4.11. The molecule has 0 aliphatic heterocycles. The molecule has 0 atom stereocenters. The minimum atomic E-state index is -0.710. The molecule has 0 spiro atoms. The molecule has 9 heteroatoms. The monoisotopic (exact) mass is 445 g/mol. The van der Waals surface area contributed by atoms with Crippen LogP contribution in [0.15, 0.2) is 70.5 Å². The van der Waals surface area contributed by atoms with E-state index in [1.54, 1.807) is 7.05 Å². The molecule has 2 aromatic carbocycles. The molecule has 166 valence electrons. The molecule has 3 heterocycles. The molecule has 0 aliphatic carbocycles. The van der Waals surface area contributed by atoms with Gasteiger partial charge in [-0.25, -0.2) is 13.8 Å². The van der Waals surface area contributed by atoms with Gasteiger partial charge in [0.2, 0.25) is 0 Å². The molecule has 3 N–H and O–H groups in total. The molecule has 0 unspecified atom stereocenters. The molecule has 0 radical (unpaired) electrons. The smallest absolute Gasteiger partial charge is 0.333 e. The molecule has 3 aromatic heterocycles. The first-order valence-electron chi connectivity index (χ1n) is 10.4. The lowest BCUT2D eigenvalue weighted by atomic mass is 10.1. The van der Waals surface area contributed by atoms with Gasteiger partial charge in [0.25, 0.3) is 11.5 Å². The van der Waals surface area contributed by atoms with Crippen LogP contribution in [0.3, 0.4) is 0 Å². The van der Waals surface area contributed by atoms with E-state index in [1.165, 1.54) is 35.0 Å². The van der Waals surface area contributed by atoms with Crippen molar-refractivity contribution in [1.29, 1.82) is 0 Å². The first-order valence-corrected chi connectivity index (χ1v) is 10.4. The maximum atomic E-state index is 13.3. The molecule has 33 heavy (non-hydrogen) atoms. The number of halogens is 1. The summed E-state index contributed by atoms with van der Waals surface area (Å²) in [5.41, 5.74) is 1.57. The Morgan fingerprint density at radius 3 is 2.64 bits per heavy atom. The number of carbonyl (C=O) groups is 1. The third-order valence-electron chi connectivity index (χ3n) is 5.71. The second kappa shape index (κ2) is 7.94. The van der Waals surface area contributed by atoms with E-state index in [0.29, 0.717) is 13.0 Å². The number of nitrogens with one attached hydrogen (secondary N) is 3. The van der Waals surface area contributed by atoms with Gasteiger partial charge in [-0.1, -0.05) is 18.2 Å². The number of para-hydroxylation sites is 1. The lowest BCUT2D eigenvalue weighted by molar-refractivity contribution is 0.0955. The average molecular weight is 445 g/mol. The second-order valence-electron chi connectivity index (χ2n) is 7.79. The van der Waals surface area contributed by atoms with Crippen LogP contribution >= 0.6 is 0 Å². The highest BCUT2D eigenvalue weighted by Crippen LogP contribution is 2.18. The van der Waals surface area contributed by atoms with Crippen LogP contribution in [0, 0.1) is 5.82 Å². The zero-order valence-electron chi connectivity index (χ0n) is 17.7. The molecule has 0 aliphatic rings. The Morgan fingerprint density at radius 1 is 1.09 bits per heavy atom. The van der Waals surface area contributed by atoms with E-state index in [-0.39, 0.29) is 22.3 Å². The number of hydrogen-bond donors (Lipinski definition) is 3. The van der Waals surface area contributed by atoms with Gasteiger partial charge < -0.3 is 19.9 Å². The molecule has 0 fully saturated rings. The Labute approximate surface area is 186 Å². The predicted molar refractivity (Wildman–Crippen MR) is 123 cm³/mol. The Hall–Kier alpha value is -4.40. The van der Waals surface area contributed by atoms with Gasteiger partial charge in [0.05, 0.1) is 16.8 Å². The van der Waals surface area contributed by atoms with E-state index in [1.807, 2.05) is 30.5 Å². The van der Waals surface area contributed by atoms with Crippen molar-refractivity contribution >= 4 is 27.8 Å². The van der Waals surface area contributed by atoms with Gasteiger partial charge in [-0.3, -0.25) is 9.59 Å². The van der Waals surface area contributed by atoms with Gasteiger partial charge in [-0.05, 0) is 42.3 Å². The van der Waals surface area contributed by atoms with Crippen LogP contribution in [-0.2, 0) is 13.5 Å². The van der Waals surface area contributed by atoms with Crippen molar-refractivity contribution < 1.29 is 9.18 Å². The first-order chi connectivity index (χ1) is 15.9. The highest BCUT2D eigenvalue weighted by atomic mass is 19.1. The van der Waals surface area contributed by atoms with Crippen molar-refractivity contribution in [3.05, 3.63) is 98.7 Å². The molecule has 0 saturated carbocycles. The minimum Gasteiger partial charge on any atom is -0.361 e. The summed E-state index contributed by atoms with van der Waals surface area (Å²) in [6, 6.07) is 13.0. The molecule has 8 nitrogen and oxygen atoms in total. The lowest BCUT2D eigenvalue weighted by Gasteiger charge is -2.06. The minimum absolute atomic E-state index is 0.162. The SMILES string of the molecule is Cn1cc(C(=O)NCCc2c[nH]c3ccccc23)c2[nH]c(=O)n(-c3ccc(F)cc3)c(=O)c21. The number of amides is 1. The van der Waals surface area contributed by atoms with E-state index in [9.17, 15) is 18.8 Å². The van der Waals surface area contributed by atoms with Crippen LogP contribution in [0.4, 0.5) is 4.39 Å². The van der Waals surface area contributed by atoms with Crippen LogP contribution in [0.1, 0.15) is 15.9 Å². The summed E-state index contributed by atoms with van der Waals surface area (Å²) in [5.74, 6) is -0.871. The maximum absolute atomic E-state index is 13.3. The van der Waals surface area contributed by atoms with Gasteiger partial charge in [0.1, 0.15) is 11.3 Å². The van der Waals surface area contributed by atoms with Crippen LogP contribution in [0.5, 0.6) is 0 Å². The van der Waals surface area contributed by atoms with E-state index in [2.05, 4.69) is 15.3 Å². The zero-order valence-corrected chi connectivity index (χ0v) is 17.7. The molecular formula is C24H20FN5O3. The zero-order chi connectivity index (χ0) is 23.1. The molecule has 1 amide bonds. The van der Waals surface area contributed by atoms with Gasteiger partial charge in [-0.2, -0.15) is 0 Å². The standard InChI is InChI=1S/C24H20FN5O3/c1-29-13-18(22(31)26-11-10-14-12-27-19-5-3-2-4-17(14)19)20-21(29)23(32)30(24(33)28-20)16-8-6-15(25)7-9-16/h2-9,12-13,27H,10-11H2,1H3,(H,26,31)(H,28,33). The summed E-state index contributed by atoms with van der Waals surface area (Å²) in [6.45, 7) is 0.383. The van der Waals surface area contributed by atoms with Crippen molar-refractivity contribution in [2.45, 2.75) is 6.42 Å². The Bertz CT molecular complexity index is 1620. The van der Waals surface area contributed by atoms with Gasteiger partial charge in [0.15, 0.2) is 0 Å². The number of aryl methyl sites for hydroxylation is 1. The number of carbonyl (C=O) groups excluding carboxylic acids is 1. The molecule has 5 aromatic rings. The third-order valence-corrected chi connectivity index (χ3v) is 5.71. The van der Waals surface area contributed by atoms with Gasteiger partial charge >= 0.3 is 5.69 Å². The summed E-state index contributed by atoms with van der Waals surface area (Å²) in [6.07, 6.45) is 4.05. The first kappa shape index (κ1) is 20.5. The largest absolute Gasteiger partial charge is 0.361 e. The molecular weight excluding hydrogens is 425 g/mol. The number of aromatic amines is 2. The van der Waals surface area contributed by atoms with E-state index >= 15 is 0 Å². The lowest BCUT2D eigenvalue weighted by Crippen LogP contribution is -2.34. The van der Waals surface area contributed by atoms with Crippen molar-refractivity contribution in [2.24, 2.45) is 7.05 Å². The number of fused-ring (bicyclic) bond motifs is 2. The highest BCUT2D eigenvalue weighted by molar-refractivity contribution is 6.05. The van der Waals surface area contributed by atoms with E-state index in [0.717, 1.165) is 21.0 Å². The van der Waals surface area contributed by atoms with E-state index < -0.39 is 23.0 Å². The number of nitrogens with zero attached hydrogens (tertiary/aromatic N) is 2. The topological polar surface area (TPSA) is 105 Å². The van der Waals surface area contributed by atoms with Crippen LogP contribution in [0.25, 0.3) is 27.6 Å². The molecule has 0 bridgehead atoms. The van der Waals surface area contributed by atoms with Crippen molar-refractivity contribution in [1.82, 2.24) is 24.4 Å². The maximum Gasteiger partial charge on any atom is 0.333 e. The third kappa shape index (κ3) is 3.53. The van der Waals surface area contributed by atoms with Crippen molar-refractivity contribution in [3.63, 3.8) is 0 Å². The highest BCUT2D eigenvalue weighted by Gasteiger charge is 2.20. The van der Waals surface area contributed by atoms with Crippen LogP contribution in [0.2, 0.25) is 0 Å². The summed E-state index contributed by atoms with van der Waals surface area (Å²) in [7, 11) is 1.62. The summed E-state index contributed by atoms with van der Waals surface area (Å²) in [5, 5.41) is 3.96. The van der Waals surface area contributed by atoms with Crippen LogP contribution in [-0.4, -0.2) is 31.6 Å². The number of H-pyrrole nitrogens is 2. The summed E-state index contributed by atoms with van der Waals surface area (Å²) >= 11 is 0. The Balaban J connectivity index is 1.43. The quantitative estimate of drug-likeness (QED) is 0.387. The van der Waals surface area contributed by atoms with E-state index in [4.69, 9.17) is 0 Å². The average Bonchev–Trinajstić information content (AvgIpc) is 3.36. The van der Waals surface area contributed by atoms with Crippen molar-refractivity contribution in [2.75, 3.05) is 6.54 Å². The molecule has 5 rings (SSSR count). The second-order valence-corrected chi connectivity index (χ2v) is 7.79. The Kier molecular flexibility index (Phi) is 4.93. The fraction of sp³-hybridized carbons (Fsp3) is 0.125.